The van der Waals surface area contributed by atoms with Gasteiger partial charge in [0.1, 0.15) is 6.73 Å². The van der Waals surface area contributed by atoms with Gasteiger partial charge < -0.3 is 14.6 Å². The maximum absolute atomic E-state index is 11.4. The number of aliphatic hydroxyl groups is 1. The third kappa shape index (κ3) is 1.48. The van der Waals surface area contributed by atoms with Crippen molar-refractivity contribution in [2.45, 2.75) is 12.5 Å². The third-order valence-corrected chi connectivity index (χ3v) is 2.12. The normalized spacial score (nSPS) is 28.8. The Morgan fingerprint density at radius 2 is 1.92 bits per heavy atom. The van der Waals surface area contributed by atoms with Crippen molar-refractivity contribution in [2.75, 3.05) is 28.0 Å². The van der Waals surface area contributed by atoms with Gasteiger partial charge in [0.05, 0.1) is 0 Å². The first-order valence-corrected chi connectivity index (χ1v) is 3.87. The van der Waals surface area contributed by atoms with Crippen LogP contribution in [0.2, 0.25) is 0 Å². The second-order valence-corrected chi connectivity index (χ2v) is 2.76. The van der Waals surface area contributed by atoms with Crippen molar-refractivity contribution >= 4 is 6.03 Å². The molecule has 0 saturated carbocycles. The Labute approximate surface area is 76.6 Å². The first-order valence-electron chi connectivity index (χ1n) is 3.87. The second kappa shape index (κ2) is 3.91. The van der Waals surface area contributed by atoms with Gasteiger partial charge in [-0.1, -0.05) is 0 Å². The third-order valence-electron chi connectivity index (χ3n) is 2.12. The largest absolute Gasteiger partial charge is 0.376 e. The predicted octanol–water partition coefficient (Wildman–Crippen LogP) is -0.751. The summed E-state index contributed by atoms with van der Waals surface area (Å²) in [5.41, 5.74) is 0. The van der Waals surface area contributed by atoms with Gasteiger partial charge in [-0.25, -0.2) is 4.79 Å². The number of aliphatic hydroxyl groups excluding tert-OH is 1. The van der Waals surface area contributed by atoms with E-state index in [0.29, 0.717) is 0 Å². The minimum Gasteiger partial charge on any atom is -0.376 e. The monoisotopic (exact) mass is 190 g/mol. The Balaban J connectivity index is 2.82. The molecule has 0 radical (unpaired) electrons. The average molecular weight is 190 g/mol. The van der Waals surface area contributed by atoms with Crippen LogP contribution in [0.4, 0.5) is 4.79 Å². The van der Waals surface area contributed by atoms with Crippen LogP contribution in [0.3, 0.4) is 0 Å². The zero-order valence-electron chi connectivity index (χ0n) is 7.93. The van der Waals surface area contributed by atoms with E-state index < -0.39 is 12.5 Å². The zero-order valence-corrected chi connectivity index (χ0v) is 7.93. The molecule has 1 heterocycles. The number of urea groups is 1. The molecule has 1 aliphatic rings. The number of rotatable bonds is 3. The molecule has 6 heteroatoms. The van der Waals surface area contributed by atoms with Crippen molar-refractivity contribution in [1.82, 2.24) is 9.80 Å². The molecule has 0 bridgehead atoms. The Hall–Kier alpha value is -0.850. The summed E-state index contributed by atoms with van der Waals surface area (Å²) in [5, 5.41) is 8.91. The molecule has 1 N–H and O–H groups in total. The molecule has 0 aliphatic carbocycles. The molecule has 1 fully saturated rings. The summed E-state index contributed by atoms with van der Waals surface area (Å²) in [7, 11) is 4.55. The van der Waals surface area contributed by atoms with Crippen LogP contribution in [0.5, 0.6) is 0 Å². The molecule has 2 unspecified atom stereocenters. The summed E-state index contributed by atoms with van der Waals surface area (Å²) < 4.78 is 10.1. The predicted molar refractivity (Wildman–Crippen MR) is 43.7 cm³/mol. The first kappa shape index (κ1) is 10.2. The number of hydrogen-bond donors (Lipinski definition) is 1. The molecule has 13 heavy (non-hydrogen) atoms. The van der Waals surface area contributed by atoms with E-state index in [1.165, 1.54) is 24.0 Å². The highest BCUT2D eigenvalue weighted by Crippen LogP contribution is 2.21. The van der Waals surface area contributed by atoms with E-state index in [9.17, 15) is 4.79 Å². The fourth-order valence-corrected chi connectivity index (χ4v) is 1.42. The molecule has 0 aromatic carbocycles. The maximum atomic E-state index is 11.4. The highest BCUT2D eigenvalue weighted by atomic mass is 16.6. The van der Waals surface area contributed by atoms with Gasteiger partial charge in [0.25, 0.3) is 0 Å². The highest BCUT2D eigenvalue weighted by molar-refractivity contribution is 5.76. The Morgan fingerprint density at radius 3 is 2.31 bits per heavy atom. The lowest BCUT2D eigenvalue weighted by atomic mass is 10.5. The summed E-state index contributed by atoms with van der Waals surface area (Å²) >= 11 is 0. The van der Waals surface area contributed by atoms with E-state index in [0.717, 1.165) is 0 Å². The Bertz CT molecular complexity index is 199. The molecular weight excluding hydrogens is 176 g/mol. The van der Waals surface area contributed by atoms with Crippen LogP contribution in [0.1, 0.15) is 0 Å². The average Bonchev–Trinajstić information content (AvgIpc) is 2.38. The molecule has 0 aromatic rings. The Kier molecular flexibility index (Phi) is 3.07. The maximum Gasteiger partial charge on any atom is 0.325 e. The molecular formula is C7H14N2O4. The lowest BCUT2D eigenvalue weighted by Gasteiger charge is -2.22. The number of likely N-dealkylation sites (N-methyl/N-ethyl adjacent to an activating group) is 1. The van der Waals surface area contributed by atoms with Gasteiger partial charge in [-0.3, -0.25) is 9.80 Å². The summed E-state index contributed by atoms with van der Waals surface area (Å²) in [4.78, 5) is 14.0. The van der Waals surface area contributed by atoms with Gasteiger partial charge >= 0.3 is 6.03 Å². The molecule has 6 nitrogen and oxygen atoms in total. The number of amides is 2. The Morgan fingerprint density at radius 1 is 1.38 bits per heavy atom. The van der Waals surface area contributed by atoms with Crippen molar-refractivity contribution in [3.63, 3.8) is 0 Å². The summed E-state index contributed by atoms with van der Waals surface area (Å²) in [5.74, 6) is 0. The number of carbonyl (C=O) groups excluding carboxylic acids is 1. The van der Waals surface area contributed by atoms with Gasteiger partial charge in [-0.15, -0.1) is 0 Å². The number of nitrogens with zero attached hydrogens (tertiary/aromatic N) is 2. The summed E-state index contributed by atoms with van der Waals surface area (Å²) in [6.07, 6.45) is -1.02. The van der Waals surface area contributed by atoms with Gasteiger partial charge in [-0.05, 0) is 0 Å². The number of methoxy groups -OCH3 is 2. The van der Waals surface area contributed by atoms with Crippen LogP contribution >= 0.6 is 0 Å². The van der Waals surface area contributed by atoms with E-state index in [2.05, 4.69) is 0 Å². The smallest absolute Gasteiger partial charge is 0.325 e. The minimum atomic E-state index is -0.549. The summed E-state index contributed by atoms with van der Waals surface area (Å²) in [6.45, 7) is -0.373. The molecule has 1 saturated heterocycles. The molecule has 0 aromatic heterocycles. The van der Waals surface area contributed by atoms with E-state index >= 15 is 0 Å². The van der Waals surface area contributed by atoms with Crippen molar-refractivity contribution in [2.24, 2.45) is 0 Å². The van der Waals surface area contributed by atoms with Crippen molar-refractivity contribution in [3.05, 3.63) is 0 Å². The van der Waals surface area contributed by atoms with Crippen LogP contribution in [0.25, 0.3) is 0 Å². The van der Waals surface area contributed by atoms with Crippen molar-refractivity contribution in [1.29, 1.82) is 0 Å². The topological polar surface area (TPSA) is 62.2 Å². The first-order chi connectivity index (χ1) is 6.17. The number of hydrogen-bond acceptors (Lipinski definition) is 4. The number of carbonyl (C=O) groups is 1. The van der Waals surface area contributed by atoms with Crippen LogP contribution in [-0.2, 0) is 9.47 Å². The molecule has 1 aliphatic heterocycles. The van der Waals surface area contributed by atoms with E-state index in [1.807, 2.05) is 0 Å². The zero-order chi connectivity index (χ0) is 10.0. The second-order valence-electron chi connectivity index (χ2n) is 2.76. The molecule has 76 valence electrons. The van der Waals surface area contributed by atoms with Gasteiger partial charge in [-0.2, -0.15) is 0 Å². The fraction of sp³-hybridized carbons (Fsp3) is 0.857. The van der Waals surface area contributed by atoms with Gasteiger partial charge in [0.2, 0.25) is 0 Å². The summed E-state index contributed by atoms with van der Waals surface area (Å²) in [6, 6.07) is -0.304. The van der Waals surface area contributed by atoms with E-state index in [-0.39, 0.29) is 12.8 Å². The van der Waals surface area contributed by atoms with Crippen LogP contribution < -0.4 is 0 Å². The standard InChI is InChI=1S/C7H14N2O4/c1-8-5(12-2)6(13-3)9(4-10)7(8)11/h5-6,10H,4H2,1-3H3. The molecule has 2 amide bonds. The van der Waals surface area contributed by atoms with Crippen molar-refractivity contribution in [3.8, 4) is 0 Å². The van der Waals surface area contributed by atoms with Crippen LogP contribution in [-0.4, -0.2) is 61.4 Å². The van der Waals surface area contributed by atoms with Gasteiger partial charge in [0, 0.05) is 21.3 Å². The fourth-order valence-electron chi connectivity index (χ4n) is 1.42. The molecule has 1 rings (SSSR count). The molecule has 2 atom stereocenters. The highest BCUT2D eigenvalue weighted by Gasteiger charge is 2.44. The van der Waals surface area contributed by atoms with E-state index in [1.54, 1.807) is 7.05 Å². The van der Waals surface area contributed by atoms with Gasteiger partial charge in [0.15, 0.2) is 12.5 Å². The van der Waals surface area contributed by atoms with E-state index in [4.69, 9.17) is 14.6 Å². The van der Waals surface area contributed by atoms with Crippen LogP contribution in [0, 0.1) is 0 Å². The van der Waals surface area contributed by atoms with Crippen molar-refractivity contribution < 1.29 is 19.4 Å². The molecule has 0 spiro atoms. The number of ether oxygens (including phenoxy) is 2. The SMILES string of the molecule is COC1C(OC)N(CO)C(=O)N1C. The quantitative estimate of drug-likeness (QED) is 0.636. The lowest BCUT2D eigenvalue weighted by Crippen LogP contribution is -2.39. The van der Waals surface area contributed by atoms with Crippen LogP contribution in [0.15, 0.2) is 0 Å². The minimum absolute atomic E-state index is 0.304. The lowest BCUT2D eigenvalue weighted by molar-refractivity contribution is -0.115.